The van der Waals surface area contributed by atoms with E-state index in [4.69, 9.17) is 9.84 Å². The number of hydrogen-bond acceptors (Lipinski definition) is 5. The third-order valence-corrected chi connectivity index (χ3v) is 5.29. The molecule has 20 heavy (non-hydrogen) atoms. The lowest BCUT2D eigenvalue weighted by atomic mass is 10.0. The van der Waals surface area contributed by atoms with Crippen LogP contribution in [0.1, 0.15) is 31.2 Å². The molecule has 1 aliphatic heterocycles. The fourth-order valence-electron chi connectivity index (χ4n) is 2.60. The van der Waals surface area contributed by atoms with Crippen molar-refractivity contribution in [2.24, 2.45) is 5.92 Å². The Hall–Kier alpha value is -0.960. The lowest BCUT2D eigenvalue weighted by molar-refractivity contribution is 0.0884. The molecule has 0 aromatic carbocycles. The molecule has 2 unspecified atom stereocenters. The van der Waals surface area contributed by atoms with E-state index < -0.39 is 16.6 Å². The molecule has 3 N–H and O–H groups in total. The SMILES string of the molecule is CCC1OCCC1CNS(=O)(=O)c1c(CO)n[nH]c1C. The van der Waals surface area contributed by atoms with Gasteiger partial charge in [0.05, 0.1) is 18.4 Å². The first-order valence-corrected chi connectivity index (χ1v) is 8.23. The van der Waals surface area contributed by atoms with Gasteiger partial charge in [0, 0.05) is 19.1 Å². The molecular formula is C12H21N3O4S. The summed E-state index contributed by atoms with van der Waals surface area (Å²) in [7, 11) is -3.67. The predicted molar refractivity (Wildman–Crippen MR) is 72.6 cm³/mol. The second-order valence-corrected chi connectivity index (χ2v) is 6.70. The molecule has 0 saturated carbocycles. The average Bonchev–Trinajstić information content (AvgIpc) is 3.02. The number of aromatic nitrogens is 2. The number of aromatic amines is 1. The largest absolute Gasteiger partial charge is 0.390 e. The molecule has 0 radical (unpaired) electrons. The number of ether oxygens (including phenoxy) is 1. The molecule has 1 saturated heterocycles. The number of rotatable bonds is 6. The van der Waals surface area contributed by atoms with Crippen LogP contribution in [0.3, 0.4) is 0 Å². The molecule has 0 amide bonds. The Labute approximate surface area is 118 Å². The number of H-pyrrole nitrogens is 1. The number of hydrogen-bond donors (Lipinski definition) is 3. The Morgan fingerprint density at radius 2 is 2.30 bits per heavy atom. The Bertz CT molecular complexity index is 555. The van der Waals surface area contributed by atoms with Crippen LogP contribution >= 0.6 is 0 Å². The van der Waals surface area contributed by atoms with Crippen molar-refractivity contribution in [2.45, 2.75) is 44.3 Å². The highest BCUT2D eigenvalue weighted by Crippen LogP contribution is 2.24. The Kier molecular flexibility index (Phi) is 4.79. The van der Waals surface area contributed by atoms with E-state index >= 15 is 0 Å². The van der Waals surface area contributed by atoms with Gasteiger partial charge in [-0.3, -0.25) is 5.10 Å². The first-order valence-electron chi connectivity index (χ1n) is 6.75. The van der Waals surface area contributed by atoms with Gasteiger partial charge in [-0.05, 0) is 19.8 Å². The summed E-state index contributed by atoms with van der Waals surface area (Å²) in [5.41, 5.74) is 0.570. The van der Waals surface area contributed by atoms with Crippen LogP contribution in [-0.2, 0) is 21.4 Å². The molecular weight excluding hydrogens is 282 g/mol. The summed E-state index contributed by atoms with van der Waals surface area (Å²) in [5.74, 6) is 0.194. The second kappa shape index (κ2) is 6.21. The maximum absolute atomic E-state index is 12.3. The van der Waals surface area contributed by atoms with Gasteiger partial charge in [-0.15, -0.1) is 0 Å². The first kappa shape index (κ1) is 15.4. The minimum absolute atomic E-state index is 0.0481. The van der Waals surface area contributed by atoms with Crippen LogP contribution in [0.2, 0.25) is 0 Å². The molecule has 2 heterocycles. The van der Waals surface area contributed by atoms with Crippen molar-refractivity contribution >= 4 is 10.0 Å². The van der Waals surface area contributed by atoms with Gasteiger partial charge in [0.2, 0.25) is 10.0 Å². The summed E-state index contributed by atoms with van der Waals surface area (Å²) < 4.78 is 32.8. The standard InChI is InChI=1S/C12H21N3O4S/c1-3-11-9(4-5-19-11)6-13-20(17,18)12-8(2)14-15-10(12)7-16/h9,11,13,16H,3-7H2,1-2H3,(H,14,15). The summed E-state index contributed by atoms with van der Waals surface area (Å²) in [6.45, 7) is 4.26. The lowest BCUT2D eigenvalue weighted by Crippen LogP contribution is -2.33. The molecule has 0 bridgehead atoms. The minimum atomic E-state index is -3.67. The zero-order valence-electron chi connectivity index (χ0n) is 11.7. The molecule has 0 aliphatic carbocycles. The minimum Gasteiger partial charge on any atom is -0.390 e. The summed E-state index contributed by atoms with van der Waals surface area (Å²) in [6.07, 6.45) is 1.84. The topological polar surface area (TPSA) is 104 Å². The van der Waals surface area contributed by atoms with Gasteiger partial charge in [-0.1, -0.05) is 6.92 Å². The van der Waals surface area contributed by atoms with Crippen molar-refractivity contribution < 1.29 is 18.3 Å². The fourth-order valence-corrected chi connectivity index (χ4v) is 4.05. The van der Waals surface area contributed by atoms with Crippen LogP contribution in [0, 0.1) is 12.8 Å². The van der Waals surface area contributed by atoms with Crippen LogP contribution in [0.15, 0.2) is 4.90 Å². The van der Waals surface area contributed by atoms with Gasteiger partial charge in [-0.25, -0.2) is 13.1 Å². The molecule has 8 heteroatoms. The van der Waals surface area contributed by atoms with Crippen molar-refractivity contribution in [3.8, 4) is 0 Å². The number of aliphatic hydroxyl groups is 1. The van der Waals surface area contributed by atoms with Gasteiger partial charge in [0.15, 0.2) is 0 Å². The highest BCUT2D eigenvalue weighted by Gasteiger charge is 2.30. The zero-order chi connectivity index (χ0) is 14.8. The molecule has 7 nitrogen and oxygen atoms in total. The summed E-state index contributed by atoms with van der Waals surface area (Å²) in [4.78, 5) is 0.0481. The second-order valence-electron chi connectivity index (χ2n) is 5.00. The van der Waals surface area contributed by atoms with Gasteiger partial charge in [0.1, 0.15) is 10.6 Å². The molecule has 2 atom stereocenters. The predicted octanol–water partition coefficient (Wildman–Crippen LogP) is 0.304. The normalized spacial score (nSPS) is 23.4. The highest BCUT2D eigenvalue weighted by atomic mass is 32.2. The van der Waals surface area contributed by atoms with Crippen LogP contribution in [0.25, 0.3) is 0 Å². The Morgan fingerprint density at radius 3 is 2.95 bits per heavy atom. The zero-order valence-corrected chi connectivity index (χ0v) is 12.5. The van der Waals surface area contributed by atoms with Crippen molar-refractivity contribution in [1.29, 1.82) is 0 Å². The fraction of sp³-hybridized carbons (Fsp3) is 0.750. The maximum Gasteiger partial charge on any atom is 0.244 e. The molecule has 114 valence electrons. The van der Waals surface area contributed by atoms with Crippen LogP contribution < -0.4 is 4.72 Å². The quantitative estimate of drug-likeness (QED) is 0.701. The van der Waals surface area contributed by atoms with E-state index in [9.17, 15) is 8.42 Å². The van der Waals surface area contributed by atoms with Crippen LogP contribution in [0.5, 0.6) is 0 Å². The molecule has 1 aromatic rings. The summed E-state index contributed by atoms with van der Waals surface area (Å²) in [6, 6.07) is 0. The van der Waals surface area contributed by atoms with Crippen molar-refractivity contribution in [3.63, 3.8) is 0 Å². The number of aryl methyl sites for hydroxylation is 1. The van der Waals surface area contributed by atoms with Crippen molar-refractivity contribution in [3.05, 3.63) is 11.4 Å². The van der Waals surface area contributed by atoms with Crippen molar-refractivity contribution in [2.75, 3.05) is 13.2 Å². The van der Waals surface area contributed by atoms with Crippen molar-refractivity contribution in [1.82, 2.24) is 14.9 Å². The van der Waals surface area contributed by atoms with E-state index in [0.29, 0.717) is 18.8 Å². The summed E-state index contributed by atoms with van der Waals surface area (Å²) in [5, 5.41) is 15.5. The molecule has 1 aromatic heterocycles. The van der Waals surface area contributed by atoms with E-state index in [-0.39, 0.29) is 22.6 Å². The summed E-state index contributed by atoms with van der Waals surface area (Å²) >= 11 is 0. The van der Waals surface area contributed by atoms with E-state index in [0.717, 1.165) is 12.8 Å². The Morgan fingerprint density at radius 1 is 1.55 bits per heavy atom. The monoisotopic (exact) mass is 303 g/mol. The average molecular weight is 303 g/mol. The molecule has 2 rings (SSSR count). The lowest BCUT2D eigenvalue weighted by Gasteiger charge is -2.17. The van der Waals surface area contributed by atoms with Gasteiger partial charge < -0.3 is 9.84 Å². The van der Waals surface area contributed by atoms with Crippen LogP contribution in [0.4, 0.5) is 0 Å². The van der Waals surface area contributed by atoms with Crippen LogP contribution in [-0.4, -0.2) is 43.0 Å². The van der Waals surface area contributed by atoms with Gasteiger partial charge >= 0.3 is 0 Å². The molecule has 1 aliphatic rings. The first-order chi connectivity index (χ1) is 9.49. The Balaban J connectivity index is 2.09. The maximum atomic E-state index is 12.3. The third-order valence-electron chi connectivity index (χ3n) is 3.66. The number of nitrogens with zero attached hydrogens (tertiary/aromatic N) is 1. The third kappa shape index (κ3) is 3.03. The highest BCUT2D eigenvalue weighted by molar-refractivity contribution is 7.89. The number of sulfonamides is 1. The van der Waals surface area contributed by atoms with Gasteiger partial charge in [0.25, 0.3) is 0 Å². The van der Waals surface area contributed by atoms with E-state index in [1.807, 2.05) is 6.92 Å². The molecule has 1 fully saturated rings. The van der Waals surface area contributed by atoms with Gasteiger partial charge in [-0.2, -0.15) is 5.10 Å². The van der Waals surface area contributed by atoms with E-state index in [1.165, 1.54) is 0 Å². The number of nitrogens with one attached hydrogen (secondary N) is 2. The van der Waals surface area contributed by atoms with E-state index in [2.05, 4.69) is 14.9 Å². The number of aliphatic hydroxyl groups excluding tert-OH is 1. The molecule has 0 spiro atoms. The smallest absolute Gasteiger partial charge is 0.244 e. The van der Waals surface area contributed by atoms with E-state index in [1.54, 1.807) is 6.92 Å².